The lowest BCUT2D eigenvalue weighted by atomic mass is 9.94. The molecular formula is C14H23N3O. The molecule has 4 heteroatoms. The third-order valence-corrected chi connectivity index (χ3v) is 3.96. The molecule has 2 heterocycles. The van der Waals surface area contributed by atoms with E-state index < -0.39 is 0 Å². The van der Waals surface area contributed by atoms with E-state index in [4.69, 9.17) is 5.73 Å². The largest absolute Gasteiger partial charge is 0.397 e. The third kappa shape index (κ3) is 2.52. The Morgan fingerprint density at radius 2 is 2.06 bits per heavy atom. The summed E-state index contributed by atoms with van der Waals surface area (Å²) in [6.45, 7) is 6.80. The van der Waals surface area contributed by atoms with Gasteiger partial charge in [-0.1, -0.05) is 13.3 Å². The van der Waals surface area contributed by atoms with Crippen molar-refractivity contribution in [3.05, 3.63) is 18.0 Å². The second-order valence-corrected chi connectivity index (χ2v) is 5.09. The summed E-state index contributed by atoms with van der Waals surface area (Å²) >= 11 is 0. The second-order valence-electron chi connectivity index (χ2n) is 5.09. The molecule has 0 aromatic carbocycles. The molecule has 0 aliphatic carbocycles. The van der Waals surface area contributed by atoms with Crippen LogP contribution >= 0.6 is 0 Å². The van der Waals surface area contributed by atoms with Crippen LogP contribution in [0.15, 0.2) is 12.3 Å². The Labute approximate surface area is 109 Å². The van der Waals surface area contributed by atoms with Crippen molar-refractivity contribution in [3.8, 4) is 0 Å². The Hall–Kier alpha value is -1.45. The fourth-order valence-electron chi connectivity index (χ4n) is 2.68. The van der Waals surface area contributed by atoms with Gasteiger partial charge in [0.25, 0.3) is 5.91 Å². The second kappa shape index (κ2) is 5.46. The lowest BCUT2D eigenvalue weighted by molar-refractivity contribution is 0.0678. The Bertz CT molecular complexity index is 417. The van der Waals surface area contributed by atoms with Crippen LogP contribution in [0.3, 0.4) is 0 Å². The minimum atomic E-state index is 0.128. The number of carbonyl (C=O) groups excluding carboxylic acids is 1. The average molecular weight is 249 g/mol. The van der Waals surface area contributed by atoms with Gasteiger partial charge in [0, 0.05) is 25.8 Å². The monoisotopic (exact) mass is 249 g/mol. The normalized spacial score (nSPS) is 17.1. The van der Waals surface area contributed by atoms with Gasteiger partial charge < -0.3 is 15.2 Å². The van der Waals surface area contributed by atoms with Gasteiger partial charge in [-0.3, -0.25) is 4.79 Å². The summed E-state index contributed by atoms with van der Waals surface area (Å²) in [6, 6.07) is 1.79. The van der Waals surface area contributed by atoms with E-state index in [1.54, 1.807) is 6.07 Å². The minimum Gasteiger partial charge on any atom is -0.397 e. The molecule has 1 saturated heterocycles. The molecule has 0 unspecified atom stereocenters. The van der Waals surface area contributed by atoms with E-state index in [0.29, 0.717) is 5.69 Å². The number of hydrogen-bond acceptors (Lipinski definition) is 2. The number of piperidine rings is 1. The zero-order valence-corrected chi connectivity index (χ0v) is 11.4. The van der Waals surface area contributed by atoms with Crippen molar-refractivity contribution in [2.75, 3.05) is 18.8 Å². The lowest BCUT2D eigenvalue weighted by Gasteiger charge is -2.31. The SMILES string of the molecule is CCC1CCN(C(=O)c2cc(N)cn2CC)CC1. The maximum Gasteiger partial charge on any atom is 0.270 e. The predicted molar refractivity (Wildman–Crippen MR) is 73.4 cm³/mol. The summed E-state index contributed by atoms with van der Waals surface area (Å²) in [6.07, 6.45) is 5.32. The number of nitrogens with two attached hydrogens (primary N) is 1. The molecule has 1 aromatic rings. The highest BCUT2D eigenvalue weighted by Crippen LogP contribution is 2.22. The number of nitrogens with zero attached hydrogens (tertiary/aromatic N) is 2. The van der Waals surface area contributed by atoms with Gasteiger partial charge in [0.1, 0.15) is 5.69 Å². The van der Waals surface area contributed by atoms with Crippen molar-refractivity contribution in [2.45, 2.75) is 39.7 Å². The first-order valence-corrected chi connectivity index (χ1v) is 6.90. The van der Waals surface area contributed by atoms with Crippen molar-refractivity contribution >= 4 is 11.6 Å². The zero-order valence-electron chi connectivity index (χ0n) is 11.4. The average Bonchev–Trinajstić information content (AvgIpc) is 2.79. The van der Waals surface area contributed by atoms with E-state index in [-0.39, 0.29) is 5.91 Å². The standard InChI is InChI=1S/C14H23N3O/c1-3-11-5-7-17(8-6-11)14(18)13-9-12(15)10-16(13)4-2/h9-11H,3-8,15H2,1-2H3. The molecule has 0 radical (unpaired) electrons. The van der Waals surface area contributed by atoms with Crippen LogP contribution in [0.2, 0.25) is 0 Å². The molecule has 0 bridgehead atoms. The van der Waals surface area contributed by atoms with Gasteiger partial charge in [-0.15, -0.1) is 0 Å². The fourth-order valence-corrected chi connectivity index (χ4v) is 2.68. The molecule has 1 amide bonds. The quantitative estimate of drug-likeness (QED) is 0.894. The zero-order chi connectivity index (χ0) is 13.1. The Kier molecular flexibility index (Phi) is 3.94. The third-order valence-electron chi connectivity index (χ3n) is 3.96. The van der Waals surface area contributed by atoms with E-state index in [9.17, 15) is 4.79 Å². The summed E-state index contributed by atoms with van der Waals surface area (Å²) in [4.78, 5) is 14.4. The molecule has 1 fully saturated rings. The Morgan fingerprint density at radius 3 is 2.61 bits per heavy atom. The highest BCUT2D eigenvalue weighted by molar-refractivity contribution is 5.93. The maximum atomic E-state index is 12.4. The number of aryl methyl sites for hydroxylation is 1. The van der Waals surface area contributed by atoms with Crippen molar-refractivity contribution in [1.82, 2.24) is 9.47 Å². The van der Waals surface area contributed by atoms with E-state index in [0.717, 1.165) is 44.1 Å². The highest BCUT2D eigenvalue weighted by atomic mass is 16.2. The van der Waals surface area contributed by atoms with Crippen LogP contribution in [0.5, 0.6) is 0 Å². The smallest absolute Gasteiger partial charge is 0.270 e. The number of likely N-dealkylation sites (tertiary alicyclic amines) is 1. The minimum absolute atomic E-state index is 0.128. The summed E-state index contributed by atoms with van der Waals surface area (Å²) in [5, 5.41) is 0. The van der Waals surface area contributed by atoms with Crippen LogP contribution in [-0.2, 0) is 6.54 Å². The van der Waals surface area contributed by atoms with E-state index in [1.165, 1.54) is 6.42 Å². The Morgan fingerprint density at radius 1 is 1.39 bits per heavy atom. The first-order chi connectivity index (χ1) is 8.65. The van der Waals surface area contributed by atoms with Crippen molar-refractivity contribution in [3.63, 3.8) is 0 Å². The van der Waals surface area contributed by atoms with Crippen molar-refractivity contribution in [1.29, 1.82) is 0 Å². The summed E-state index contributed by atoms with van der Waals surface area (Å²) in [7, 11) is 0. The van der Waals surface area contributed by atoms with Gasteiger partial charge in [-0.25, -0.2) is 0 Å². The molecule has 0 atom stereocenters. The number of hydrogen-bond donors (Lipinski definition) is 1. The fraction of sp³-hybridized carbons (Fsp3) is 0.643. The topological polar surface area (TPSA) is 51.3 Å². The van der Waals surface area contributed by atoms with Crippen LogP contribution in [0.25, 0.3) is 0 Å². The molecule has 2 rings (SSSR count). The molecule has 0 saturated carbocycles. The predicted octanol–water partition coefficient (Wildman–Crippen LogP) is 2.35. The van der Waals surface area contributed by atoms with Gasteiger partial charge in [-0.2, -0.15) is 0 Å². The number of rotatable bonds is 3. The van der Waals surface area contributed by atoms with E-state index in [1.807, 2.05) is 22.6 Å². The molecule has 100 valence electrons. The van der Waals surface area contributed by atoms with Gasteiger partial charge in [0.05, 0.1) is 5.69 Å². The van der Waals surface area contributed by atoms with Crippen LogP contribution in [-0.4, -0.2) is 28.5 Å². The molecule has 1 aliphatic heterocycles. The van der Waals surface area contributed by atoms with Crippen molar-refractivity contribution in [2.24, 2.45) is 5.92 Å². The van der Waals surface area contributed by atoms with Gasteiger partial charge >= 0.3 is 0 Å². The number of carbonyl (C=O) groups is 1. The van der Waals surface area contributed by atoms with E-state index >= 15 is 0 Å². The first-order valence-electron chi connectivity index (χ1n) is 6.90. The van der Waals surface area contributed by atoms with Gasteiger partial charge in [0.15, 0.2) is 0 Å². The summed E-state index contributed by atoms with van der Waals surface area (Å²) in [5.74, 6) is 0.917. The molecule has 1 aromatic heterocycles. The highest BCUT2D eigenvalue weighted by Gasteiger charge is 2.24. The van der Waals surface area contributed by atoms with Crippen LogP contribution < -0.4 is 5.73 Å². The van der Waals surface area contributed by atoms with Crippen LogP contribution in [0.1, 0.15) is 43.6 Å². The molecule has 0 spiro atoms. The Balaban J connectivity index is 2.07. The van der Waals surface area contributed by atoms with Gasteiger partial charge in [-0.05, 0) is 31.7 Å². The molecule has 18 heavy (non-hydrogen) atoms. The number of aromatic nitrogens is 1. The molecule has 2 N–H and O–H groups in total. The molecule has 1 aliphatic rings. The first kappa shape index (κ1) is 13.0. The summed E-state index contributed by atoms with van der Waals surface area (Å²) in [5.41, 5.74) is 7.17. The number of amides is 1. The lowest BCUT2D eigenvalue weighted by Crippen LogP contribution is -2.39. The maximum absolute atomic E-state index is 12.4. The van der Waals surface area contributed by atoms with Crippen LogP contribution in [0, 0.1) is 5.92 Å². The molecular weight excluding hydrogens is 226 g/mol. The number of nitrogen functional groups attached to an aromatic ring is 1. The number of anilines is 1. The molecule has 4 nitrogen and oxygen atoms in total. The van der Waals surface area contributed by atoms with Crippen LogP contribution in [0.4, 0.5) is 5.69 Å². The van der Waals surface area contributed by atoms with Crippen molar-refractivity contribution < 1.29 is 4.79 Å². The summed E-state index contributed by atoms with van der Waals surface area (Å²) < 4.78 is 1.93. The van der Waals surface area contributed by atoms with Gasteiger partial charge in [0.2, 0.25) is 0 Å². The van der Waals surface area contributed by atoms with E-state index in [2.05, 4.69) is 6.92 Å².